The maximum atomic E-state index is 12.8. The second-order valence-corrected chi connectivity index (χ2v) is 8.29. The summed E-state index contributed by atoms with van der Waals surface area (Å²) in [5, 5.41) is 2.60. The molecule has 1 N–H and O–H groups in total. The quantitative estimate of drug-likeness (QED) is 0.242. The minimum absolute atomic E-state index is 0.0306. The van der Waals surface area contributed by atoms with Gasteiger partial charge in [-0.3, -0.25) is 19.8 Å². The molecule has 0 atom stereocenters. The Labute approximate surface area is 201 Å². The number of ether oxygens (including phenoxy) is 2. The fourth-order valence-electron chi connectivity index (χ4n) is 3.03. The molecule has 3 rings (SSSR count). The Bertz CT molecular complexity index is 1100. The number of carbonyl (C=O) groups excluding carboxylic acids is 2. The summed E-state index contributed by atoms with van der Waals surface area (Å²) in [5.74, 6) is 0.0280. The number of nitrogens with one attached hydrogen (secondary N) is 1. The molecule has 2 amide bonds. The Hall–Kier alpha value is -2.97. The summed E-state index contributed by atoms with van der Waals surface area (Å²) in [4.78, 5) is 26.5. The highest BCUT2D eigenvalue weighted by Gasteiger charge is 2.32. The summed E-state index contributed by atoms with van der Waals surface area (Å²) < 4.78 is 12.4. The van der Waals surface area contributed by atoms with E-state index < -0.39 is 11.8 Å². The molecule has 0 radical (unpaired) electrons. The lowest BCUT2D eigenvalue weighted by Crippen LogP contribution is -2.53. The van der Waals surface area contributed by atoms with E-state index in [4.69, 9.17) is 21.7 Å². The van der Waals surface area contributed by atoms with Crippen molar-refractivity contribution in [2.45, 2.75) is 20.5 Å². The average Bonchev–Trinajstić information content (AvgIpc) is 2.76. The van der Waals surface area contributed by atoms with Gasteiger partial charge in [0.2, 0.25) is 0 Å². The molecule has 0 aromatic heterocycles. The normalized spacial score (nSPS) is 15.0. The van der Waals surface area contributed by atoms with E-state index in [2.05, 4.69) is 27.8 Å². The van der Waals surface area contributed by atoms with Gasteiger partial charge in [0.1, 0.15) is 12.2 Å². The van der Waals surface area contributed by atoms with Crippen molar-refractivity contribution in [3.8, 4) is 11.5 Å². The van der Waals surface area contributed by atoms with Gasteiger partial charge >= 0.3 is 0 Å². The molecular formula is C24H23BrN2O4S. The number of thiocarbonyl (C=S) groups is 1. The van der Waals surface area contributed by atoms with E-state index in [0.717, 1.165) is 5.56 Å². The van der Waals surface area contributed by atoms with Crippen LogP contribution in [-0.4, -0.2) is 35.0 Å². The molecule has 0 saturated carbocycles. The van der Waals surface area contributed by atoms with Crippen LogP contribution in [0.15, 0.2) is 59.1 Å². The van der Waals surface area contributed by atoms with Crippen LogP contribution in [0.3, 0.4) is 0 Å². The van der Waals surface area contributed by atoms with Gasteiger partial charge in [0, 0.05) is 11.0 Å². The van der Waals surface area contributed by atoms with Gasteiger partial charge in [-0.05, 0) is 55.4 Å². The van der Waals surface area contributed by atoms with Gasteiger partial charge < -0.3 is 9.47 Å². The summed E-state index contributed by atoms with van der Waals surface area (Å²) in [7, 11) is 0. The number of rotatable bonds is 8. The minimum atomic E-state index is -0.551. The van der Waals surface area contributed by atoms with Gasteiger partial charge in [0.05, 0.1) is 6.61 Å². The summed E-state index contributed by atoms with van der Waals surface area (Å²) in [6.07, 6.45) is 3.05. The Morgan fingerprint density at radius 1 is 1.16 bits per heavy atom. The molecule has 0 aliphatic carbocycles. The SMILES string of the molecule is C=CCN1C(=O)/C(=C/c2cc(OCC)c(OCc3ccc(C)cc3)cc2Br)C(=O)NC1=S. The summed E-state index contributed by atoms with van der Waals surface area (Å²) in [5.41, 5.74) is 2.78. The molecule has 166 valence electrons. The minimum Gasteiger partial charge on any atom is -0.490 e. The highest BCUT2D eigenvalue weighted by molar-refractivity contribution is 9.10. The first-order valence-electron chi connectivity index (χ1n) is 9.98. The van der Waals surface area contributed by atoms with Crippen molar-refractivity contribution in [2.24, 2.45) is 0 Å². The molecule has 1 heterocycles. The molecule has 0 unspecified atom stereocenters. The molecule has 1 aliphatic heterocycles. The Balaban J connectivity index is 1.91. The Morgan fingerprint density at radius 2 is 1.84 bits per heavy atom. The molecule has 0 spiro atoms. The third-order valence-electron chi connectivity index (χ3n) is 4.68. The zero-order valence-electron chi connectivity index (χ0n) is 17.8. The number of hydrogen-bond acceptors (Lipinski definition) is 5. The smallest absolute Gasteiger partial charge is 0.265 e. The van der Waals surface area contributed by atoms with Gasteiger partial charge in [-0.15, -0.1) is 6.58 Å². The second-order valence-electron chi connectivity index (χ2n) is 7.05. The number of benzene rings is 2. The van der Waals surface area contributed by atoms with Gasteiger partial charge in [-0.1, -0.05) is 51.8 Å². The fraction of sp³-hybridized carbons (Fsp3) is 0.208. The fourth-order valence-corrected chi connectivity index (χ4v) is 3.72. The Kier molecular flexibility index (Phi) is 7.82. The zero-order valence-corrected chi connectivity index (χ0v) is 20.2. The van der Waals surface area contributed by atoms with E-state index >= 15 is 0 Å². The molecule has 1 aliphatic rings. The second kappa shape index (κ2) is 10.6. The molecular weight excluding hydrogens is 492 g/mol. The maximum Gasteiger partial charge on any atom is 0.265 e. The lowest BCUT2D eigenvalue weighted by molar-refractivity contribution is -0.128. The monoisotopic (exact) mass is 514 g/mol. The van der Waals surface area contributed by atoms with E-state index in [-0.39, 0.29) is 17.2 Å². The maximum absolute atomic E-state index is 12.8. The first-order chi connectivity index (χ1) is 15.3. The molecule has 8 heteroatoms. The number of aryl methyl sites for hydroxylation is 1. The van der Waals surface area contributed by atoms with Crippen molar-refractivity contribution in [3.05, 3.63) is 75.8 Å². The van der Waals surface area contributed by atoms with Gasteiger partial charge in [0.15, 0.2) is 16.6 Å². The molecule has 2 aromatic rings. The van der Waals surface area contributed by atoms with E-state index in [0.29, 0.717) is 34.7 Å². The standard InChI is InChI=1S/C24H23BrN2O4S/c1-4-10-27-23(29)18(22(28)26-24(27)32)11-17-12-20(30-5-2)21(13-19(17)25)31-14-16-8-6-15(3)7-9-16/h4,6-9,11-13H,1,5,10,14H2,2-3H3,(H,26,28,32)/b18-11+. The average molecular weight is 515 g/mol. The number of halogens is 1. The summed E-state index contributed by atoms with van der Waals surface area (Å²) in [6, 6.07) is 11.6. The summed E-state index contributed by atoms with van der Waals surface area (Å²) in [6.45, 7) is 8.54. The Morgan fingerprint density at radius 3 is 2.50 bits per heavy atom. The van der Waals surface area contributed by atoms with Crippen LogP contribution in [0.4, 0.5) is 0 Å². The van der Waals surface area contributed by atoms with Crippen LogP contribution in [0, 0.1) is 6.92 Å². The van der Waals surface area contributed by atoms with Crippen molar-refractivity contribution in [2.75, 3.05) is 13.2 Å². The van der Waals surface area contributed by atoms with Crippen LogP contribution in [0.2, 0.25) is 0 Å². The largest absolute Gasteiger partial charge is 0.490 e. The molecule has 0 bridgehead atoms. The molecule has 1 fully saturated rings. The molecule has 6 nitrogen and oxygen atoms in total. The van der Waals surface area contributed by atoms with Crippen LogP contribution in [0.5, 0.6) is 11.5 Å². The van der Waals surface area contributed by atoms with Gasteiger partial charge in [0.25, 0.3) is 11.8 Å². The highest BCUT2D eigenvalue weighted by Crippen LogP contribution is 2.35. The zero-order chi connectivity index (χ0) is 23.3. The van der Waals surface area contributed by atoms with Crippen LogP contribution in [-0.2, 0) is 16.2 Å². The topological polar surface area (TPSA) is 67.9 Å². The molecule has 32 heavy (non-hydrogen) atoms. The first-order valence-corrected chi connectivity index (χ1v) is 11.2. The van der Waals surface area contributed by atoms with E-state index in [1.807, 2.05) is 38.1 Å². The number of amides is 2. The van der Waals surface area contributed by atoms with E-state index in [9.17, 15) is 9.59 Å². The van der Waals surface area contributed by atoms with Crippen LogP contribution < -0.4 is 14.8 Å². The third kappa shape index (κ3) is 5.44. The lowest BCUT2D eigenvalue weighted by Gasteiger charge is -2.27. The highest BCUT2D eigenvalue weighted by atomic mass is 79.9. The van der Waals surface area contributed by atoms with E-state index in [1.54, 1.807) is 18.2 Å². The third-order valence-corrected chi connectivity index (χ3v) is 5.68. The van der Waals surface area contributed by atoms with Gasteiger partial charge in [-0.2, -0.15) is 0 Å². The first kappa shape index (κ1) is 23.7. The van der Waals surface area contributed by atoms with Crippen molar-refractivity contribution in [3.63, 3.8) is 0 Å². The van der Waals surface area contributed by atoms with Crippen molar-refractivity contribution in [1.82, 2.24) is 10.2 Å². The van der Waals surface area contributed by atoms with E-state index in [1.165, 1.54) is 16.5 Å². The van der Waals surface area contributed by atoms with Crippen LogP contribution in [0.25, 0.3) is 6.08 Å². The lowest BCUT2D eigenvalue weighted by atomic mass is 10.1. The predicted octanol–water partition coefficient (Wildman–Crippen LogP) is 4.55. The van der Waals surface area contributed by atoms with Gasteiger partial charge in [-0.25, -0.2) is 0 Å². The van der Waals surface area contributed by atoms with Crippen molar-refractivity contribution in [1.29, 1.82) is 0 Å². The predicted molar refractivity (Wildman–Crippen MR) is 131 cm³/mol. The summed E-state index contributed by atoms with van der Waals surface area (Å²) >= 11 is 8.61. The molecule has 1 saturated heterocycles. The number of nitrogens with zero attached hydrogens (tertiary/aromatic N) is 1. The number of carbonyl (C=O) groups is 2. The van der Waals surface area contributed by atoms with Crippen LogP contribution >= 0.6 is 28.1 Å². The van der Waals surface area contributed by atoms with Crippen molar-refractivity contribution < 1.29 is 19.1 Å². The van der Waals surface area contributed by atoms with Crippen LogP contribution in [0.1, 0.15) is 23.6 Å². The molecule has 2 aromatic carbocycles. The van der Waals surface area contributed by atoms with Crippen molar-refractivity contribution >= 4 is 51.2 Å². The number of hydrogen-bond donors (Lipinski definition) is 1.